The van der Waals surface area contributed by atoms with Crippen LogP contribution in [0.3, 0.4) is 0 Å². The first-order valence-corrected chi connectivity index (χ1v) is 13.3. The summed E-state index contributed by atoms with van der Waals surface area (Å²) in [6, 6.07) is 2.90. The van der Waals surface area contributed by atoms with Gasteiger partial charge in [0.05, 0.1) is 16.5 Å². The number of nitrogens with zero attached hydrogens (tertiary/aromatic N) is 2. The van der Waals surface area contributed by atoms with E-state index in [1.54, 1.807) is 4.90 Å². The summed E-state index contributed by atoms with van der Waals surface area (Å²) >= 11 is 0. The van der Waals surface area contributed by atoms with Crippen LogP contribution in [0.2, 0.25) is 0 Å². The minimum absolute atomic E-state index is 0.0703. The third kappa shape index (κ3) is 5.38. The van der Waals surface area contributed by atoms with Gasteiger partial charge in [-0.25, -0.2) is 8.42 Å². The lowest BCUT2D eigenvalue weighted by Crippen LogP contribution is -2.54. The molecule has 1 heterocycles. The minimum atomic E-state index is -4.61. The van der Waals surface area contributed by atoms with Crippen LogP contribution in [0.5, 0.6) is 0 Å². The van der Waals surface area contributed by atoms with E-state index in [1.807, 2.05) is 0 Å². The highest BCUT2D eigenvalue weighted by atomic mass is 32.2. The molecule has 0 aromatic heterocycles. The Kier molecular flexibility index (Phi) is 7.08. The van der Waals surface area contributed by atoms with Crippen molar-refractivity contribution in [2.45, 2.75) is 87.0 Å². The Morgan fingerprint density at radius 2 is 1.61 bits per heavy atom. The van der Waals surface area contributed by atoms with Gasteiger partial charge in [-0.15, -0.1) is 0 Å². The molecule has 2 aliphatic carbocycles. The Morgan fingerprint density at radius 3 is 2.18 bits per heavy atom. The van der Waals surface area contributed by atoms with E-state index in [2.05, 4.69) is 0 Å². The number of alkyl halides is 3. The zero-order valence-corrected chi connectivity index (χ0v) is 19.5. The van der Waals surface area contributed by atoms with Crippen molar-refractivity contribution >= 4 is 15.9 Å². The van der Waals surface area contributed by atoms with Gasteiger partial charge in [0, 0.05) is 25.2 Å². The number of sulfonamides is 1. The van der Waals surface area contributed by atoms with Gasteiger partial charge in [-0.1, -0.05) is 25.3 Å². The Bertz CT molecular complexity index is 951. The van der Waals surface area contributed by atoms with E-state index in [0.717, 1.165) is 37.8 Å². The monoisotopic (exact) mass is 487 g/mol. The van der Waals surface area contributed by atoms with Gasteiger partial charge in [0.25, 0.3) is 0 Å². The molecule has 1 aromatic rings. The predicted molar refractivity (Wildman–Crippen MR) is 118 cm³/mol. The number of amides is 1. The number of hydrogen-bond donors (Lipinski definition) is 1. The fourth-order valence-corrected chi connectivity index (χ4v) is 7.20. The third-order valence-electron chi connectivity index (χ3n) is 7.22. The molecular formula is C23H32F3N3O3S. The maximum atomic E-state index is 13.4. The quantitative estimate of drug-likeness (QED) is 0.662. The largest absolute Gasteiger partial charge is 0.416 e. The van der Waals surface area contributed by atoms with E-state index < -0.39 is 27.8 Å². The van der Waals surface area contributed by atoms with Crippen LogP contribution in [0.15, 0.2) is 29.2 Å². The van der Waals surface area contributed by atoms with Gasteiger partial charge in [0.2, 0.25) is 15.9 Å². The van der Waals surface area contributed by atoms with Gasteiger partial charge in [0.1, 0.15) is 0 Å². The zero-order chi connectivity index (χ0) is 23.8. The van der Waals surface area contributed by atoms with Crippen LogP contribution in [-0.2, 0) is 21.0 Å². The topological polar surface area (TPSA) is 83.7 Å². The normalized spacial score (nSPS) is 22.5. The van der Waals surface area contributed by atoms with Crippen LogP contribution in [0.4, 0.5) is 13.2 Å². The summed E-state index contributed by atoms with van der Waals surface area (Å²) in [5, 5.41) is 0. The number of carbonyl (C=O) groups is 1. The van der Waals surface area contributed by atoms with Gasteiger partial charge in [-0.05, 0) is 62.6 Å². The summed E-state index contributed by atoms with van der Waals surface area (Å²) in [5.74, 6) is 0.132. The number of carbonyl (C=O) groups excluding carboxylic acids is 1. The second-order valence-electron chi connectivity index (χ2n) is 9.57. The van der Waals surface area contributed by atoms with E-state index >= 15 is 0 Å². The molecular weight excluding hydrogens is 455 g/mol. The molecule has 1 amide bonds. The molecule has 4 rings (SSSR count). The van der Waals surface area contributed by atoms with Gasteiger partial charge >= 0.3 is 6.18 Å². The van der Waals surface area contributed by atoms with Crippen LogP contribution in [0.1, 0.15) is 63.4 Å². The van der Waals surface area contributed by atoms with Crippen molar-refractivity contribution in [3.05, 3.63) is 29.8 Å². The lowest BCUT2D eigenvalue weighted by atomic mass is 9.83. The van der Waals surface area contributed by atoms with Crippen LogP contribution < -0.4 is 5.73 Å². The molecule has 0 spiro atoms. The lowest BCUT2D eigenvalue weighted by Gasteiger charge is -2.39. The molecule has 6 nitrogen and oxygen atoms in total. The minimum Gasteiger partial charge on any atom is -0.341 e. The number of benzene rings is 1. The summed E-state index contributed by atoms with van der Waals surface area (Å²) in [7, 11) is -4.09. The van der Waals surface area contributed by atoms with Crippen molar-refractivity contribution in [3.8, 4) is 0 Å². The van der Waals surface area contributed by atoms with E-state index in [4.69, 9.17) is 5.73 Å². The first-order valence-electron chi connectivity index (χ1n) is 11.8. The van der Waals surface area contributed by atoms with Crippen molar-refractivity contribution in [1.29, 1.82) is 0 Å². The molecule has 1 atom stereocenters. The first-order chi connectivity index (χ1) is 15.6. The van der Waals surface area contributed by atoms with Crippen molar-refractivity contribution in [1.82, 2.24) is 9.21 Å². The number of likely N-dealkylation sites (tertiary alicyclic amines) is 1. The second kappa shape index (κ2) is 9.54. The molecule has 0 unspecified atom stereocenters. The Morgan fingerprint density at radius 1 is 1.00 bits per heavy atom. The highest BCUT2D eigenvalue weighted by molar-refractivity contribution is 7.89. The molecule has 1 aliphatic heterocycles. The average Bonchev–Trinajstić information content (AvgIpc) is 3.63. The molecule has 3 fully saturated rings. The van der Waals surface area contributed by atoms with Crippen molar-refractivity contribution in [3.63, 3.8) is 0 Å². The summed E-state index contributed by atoms with van der Waals surface area (Å²) in [4.78, 5) is 14.3. The molecule has 10 heteroatoms. The molecule has 184 valence electrons. The number of rotatable bonds is 6. The summed E-state index contributed by atoms with van der Waals surface area (Å²) in [6.45, 7) is 0.816. The van der Waals surface area contributed by atoms with Crippen molar-refractivity contribution in [2.75, 3.05) is 13.1 Å². The molecule has 0 radical (unpaired) electrons. The average molecular weight is 488 g/mol. The first kappa shape index (κ1) is 24.5. The third-order valence-corrected chi connectivity index (χ3v) is 9.22. The molecule has 1 aromatic carbocycles. The van der Waals surface area contributed by atoms with Crippen LogP contribution in [-0.4, -0.2) is 54.7 Å². The second-order valence-corrected chi connectivity index (χ2v) is 11.4. The zero-order valence-electron chi connectivity index (χ0n) is 18.6. The van der Waals surface area contributed by atoms with E-state index in [1.165, 1.54) is 16.8 Å². The Balaban J connectivity index is 1.45. The summed E-state index contributed by atoms with van der Waals surface area (Å²) < 4.78 is 67.6. The molecule has 2 saturated carbocycles. The lowest BCUT2D eigenvalue weighted by molar-refractivity contribution is -0.138. The maximum absolute atomic E-state index is 13.4. The molecule has 2 N–H and O–H groups in total. The molecule has 3 aliphatic rings. The van der Waals surface area contributed by atoms with Crippen molar-refractivity contribution in [2.24, 2.45) is 11.7 Å². The SMILES string of the molecule is N[C@H](C(=O)N1CCC(N(C2CC2)S(=O)(=O)c2cccc(C(F)(F)F)c2)CC1)C1CCCCC1. The Labute approximate surface area is 193 Å². The fourth-order valence-electron chi connectivity index (χ4n) is 5.22. The molecule has 0 bridgehead atoms. The van der Waals surface area contributed by atoms with Crippen LogP contribution in [0.25, 0.3) is 0 Å². The smallest absolute Gasteiger partial charge is 0.341 e. The number of piperidine rings is 1. The standard InChI is InChI=1S/C23H32F3N3O3S/c24-23(25,26)17-7-4-8-20(15-17)33(31,32)29(18-9-10-18)19-11-13-28(14-12-19)22(30)21(27)16-5-2-1-3-6-16/h4,7-8,15-16,18-19,21H,1-3,5-6,9-14,27H2/t21-/m0/s1. The summed E-state index contributed by atoms with van der Waals surface area (Å²) in [5.41, 5.74) is 5.31. The number of halogens is 3. The van der Waals surface area contributed by atoms with Gasteiger partial charge in [-0.2, -0.15) is 17.5 Å². The number of nitrogens with two attached hydrogens (primary N) is 1. The molecule has 33 heavy (non-hydrogen) atoms. The summed E-state index contributed by atoms with van der Waals surface area (Å²) in [6.07, 6.45) is 3.00. The fraction of sp³-hybridized carbons (Fsp3) is 0.696. The maximum Gasteiger partial charge on any atom is 0.416 e. The van der Waals surface area contributed by atoms with Crippen LogP contribution in [0, 0.1) is 5.92 Å². The highest BCUT2D eigenvalue weighted by Crippen LogP contribution is 2.38. The highest BCUT2D eigenvalue weighted by Gasteiger charge is 2.44. The number of hydrogen-bond acceptors (Lipinski definition) is 4. The van der Waals surface area contributed by atoms with E-state index in [9.17, 15) is 26.4 Å². The van der Waals surface area contributed by atoms with E-state index in [-0.39, 0.29) is 28.8 Å². The Hall–Kier alpha value is -1.65. The van der Waals surface area contributed by atoms with Gasteiger partial charge in [-0.3, -0.25) is 4.79 Å². The molecule has 1 saturated heterocycles. The van der Waals surface area contributed by atoms with Gasteiger partial charge in [0.15, 0.2) is 0 Å². The van der Waals surface area contributed by atoms with Crippen LogP contribution >= 0.6 is 0 Å². The van der Waals surface area contributed by atoms with Gasteiger partial charge < -0.3 is 10.6 Å². The van der Waals surface area contributed by atoms with Crippen molar-refractivity contribution < 1.29 is 26.4 Å². The van der Waals surface area contributed by atoms with E-state index in [0.29, 0.717) is 44.8 Å². The predicted octanol–water partition coefficient (Wildman–Crippen LogP) is 3.76.